The average molecular weight is 278 g/mol. The molecule has 19 heavy (non-hydrogen) atoms. The minimum atomic E-state index is -0.104. The Kier molecular flexibility index (Phi) is 4.11. The van der Waals surface area contributed by atoms with Crippen LogP contribution in [0.4, 0.5) is 0 Å². The summed E-state index contributed by atoms with van der Waals surface area (Å²) in [5.74, 6) is 1.69. The third kappa shape index (κ3) is 2.74. The second kappa shape index (κ2) is 5.63. The summed E-state index contributed by atoms with van der Waals surface area (Å²) in [6.07, 6.45) is 0. The van der Waals surface area contributed by atoms with E-state index in [4.69, 9.17) is 10.5 Å². The highest BCUT2D eigenvalue weighted by atomic mass is 32.2. The molecule has 0 aliphatic heterocycles. The molecule has 0 unspecified atom stereocenters. The van der Waals surface area contributed by atoms with Gasteiger partial charge in [0, 0.05) is 23.5 Å². The summed E-state index contributed by atoms with van der Waals surface area (Å²) >= 11 is 1.55. The second-order valence-electron chi connectivity index (χ2n) is 4.35. The lowest BCUT2D eigenvalue weighted by atomic mass is 10.1. The number of aromatic nitrogens is 3. The third-order valence-corrected chi connectivity index (χ3v) is 4.07. The molecule has 0 radical (unpaired) electrons. The molecule has 2 N–H and O–H groups in total. The fourth-order valence-electron chi connectivity index (χ4n) is 1.81. The summed E-state index contributed by atoms with van der Waals surface area (Å²) in [5, 5.41) is 9.06. The van der Waals surface area contributed by atoms with Crippen LogP contribution in [0.25, 0.3) is 0 Å². The van der Waals surface area contributed by atoms with E-state index in [0.29, 0.717) is 0 Å². The van der Waals surface area contributed by atoms with E-state index in [1.54, 1.807) is 18.9 Å². The number of ether oxygens (including phenoxy) is 1. The fourth-order valence-corrected chi connectivity index (χ4v) is 2.91. The SMILES string of the molecule is COc1cccc(Sc2nnc(C)n2C)c1[C@@H](C)N. The average Bonchev–Trinajstić information content (AvgIpc) is 2.70. The summed E-state index contributed by atoms with van der Waals surface area (Å²) < 4.78 is 7.34. The molecule has 1 atom stereocenters. The number of aryl methyl sites for hydroxylation is 1. The Balaban J connectivity index is 2.42. The quantitative estimate of drug-likeness (QED) is 0.929. The van der Waals surface area contributed by atoms with Crippen LogP contribution in [-0.4, -0.2) is 21.9 Å². The van der Waals surface area contributed by atoms with Crippen molar-refractivity contribution in [2.24, 2.45) is 12.8 Å². The lowest BCUT2D eigenvalue weighted by Gasteiger charge is -2.15. The van der Waals surface area contributed by atoms with Gasteiger partial charge in [-0.25, -0.2) is 0 Å². The number of hydrogen-bond donors (Lipinski definition) is 1. The first-order valence-electron chi connectivity index (χ1n) is 6.01. The Morgan fingerprint density at radius 3 is 2.63 bits per heavy atom. The minimum Gasteiger partial charge on any atom is -0.496 e. The maximum absolute atomic E-state index is 6.05. The van der Waals surface area contributed by atoms with Gasteiger partial charge in [-0.3, -0.25) is 0 Å². The fraction of sp³-hybridized carbons (Fsp3) is 0.385. The predicted molar refractivity (Wildman–Crippen MR) is 75.5 cm³/mol. The van der Waals surface area contributed by atoms with Crippen LogP contribution >= 0.6 is 11.8 Å². The van der Waals surface area contributed by atoms with E-state index in [-0.39, 0.29) is 6.04 Å². The first kappa shape index (κ1) is 13.9. The zero-order chi connectivity index (χ0) is 14.0. The van der Waals surface area contributed by atoms with Gasteiger partial charge in [0.25, 0.3) is 0 Å². The number of benzene rings is 1. The van der Waals surface area contributed by atoms with Crippen molar-refractivity contribution in [3.63, 3.8) is 0 Å². The van der Waals surface area contributed by atoms with Gasteiger partial charge in [0.1, 0.15) is 11.6 Å². The van der Waals surface area contributed by atoms with Crippen molar-refractivity contribution in [3.05, 3.63) is 29.6 Å². The standard InChI is InChI=1S/C13H18N4OS/c1-8(14)12-10(18-4)6-5-7-11(12)19-13-16-15-9(2)17(13)3/h5-8H,14H2,1-4H3/t8-/m1/s1. The monoisotopic (exact) mass is 278 g/mol. The number of methoxy groups -OCH3 is 1. The van der Waals surface area contributed by atoms with E-state index in [2.05, 4.69) is 10.2 Å². The summed E-state index contributed by atoms with van der Waals surface area (Å²) in [5.41, 5.74) is 7.05. The molecule has 1 aromatic carbocycles. The van der Waals surface area contributed by atoms with Gasteiger partial charge in [0.2, 0.25) is 0 Å². The van der Waals surface area contributed by atoms with E-state index < -0.39 is 0 Å². The molecule has 102 valence electrons. The maximum atomic E-state index is 6.05. The van der Waals surface area contributed by atoms with E-state index in [1.807, 2.05) is 43.7 Å². The van der Waals surface area contributed by atoms with Crippen molar-refractivity contribution >= 4 is 11.8 Å². The highest BCUT2D eigenvalue weighted by molar-refractivity contribution is 7.99. The first-order chi connectivity index (χ1) is 9.04. The number of nitrogens with zero attached hydrogens (tertiary/aromatic N) is 3. The van der Waals surface area contributed by atoms with Crippen molar-refractivity contribution in [1.29, 1.82) is 0 Å². The molecule has 5 nitrogen and oxygen atoms in total. The Labute approximate surface area is 117 Å². The van der Waals surface area contributed by atoms with Crippen molar-refractivity contribution in [2.45, 2.75) is 29.9 Å². The minimum absolute atomic E-state index is 0.104. The molecule has 0 saturated heterocycles. The van der Waals surface area contributed by atoms with Crippen LogP contribution in [0.3, 0.4) is 0 Å². The zero-order valence-electron chi connectivity index (χ0n) is 11.5. The smallest absolute Gasteiger partial charge is 0.195 e. The number of rotatable bonds is 4. The molecule has 0 spiro atoms. The molecule has 0 fully saturated rings. The highest BCUT2D eigenvalue weighted by Crippen LogP contribution is 2.36. The molecule has 2 rings (SSSR count). The molecule has 0 aliphatic carbocycles. The van der Waals surface area contributed by atoms with Gasteiger partial charge in [-0.05, 0) is 37.7 Å². The summed E-state index contributed by atoms with van der Waals surface area (Å²) in [7, 11) is 3.60. The van der Waals surface area contributed by atoms with Gasteiger partial charge in [-0.2, -0.15) is 0 Å². The summed E-state index contributed by atoms with van der Waals surface area (Å²) in [6.45, 7) is 3.87. The van der Waals surface area contributed by atoms with Crippen LogP contribution in [0.5, 0.6) is 5.75 Å². The van der Waals surface area contributed by atoms with Crippen molar-refractivity contribution in [1.82, 2.24) is 14.8 Å². The Hall–Kier alpha value is -1.53. The number of nitrogens with two attached hydrogens (primary N) is 1. The molecule has 0 saturated carbocycles. The van der Waals surface area contributed by atoms with E-state index in [9.17, 15) is 0 Å². The third-order valence-electron chi connectivity index (χ3n) is 2.96. The van der Waals surface area contributed by atoms with E-state index in [0.717, 1.165) is 27.2 Å². The molecule has 2 aromatic rings. The van der Waals surface area contributed by atoms with Gasteiger partial charge >= 0.3 is 0 Å². The summed E-state index contributed by atoms with van der Waals surface area (Å²) in [6, 6.07) is 5.80. The number of hydrogen-bond acceptors (Lipinski definition) is 5. The maximum Gasteiger partial charge on any atom is 0.195 e. The molecular formula is C13H18N4OS. The zero-order valence-corrected chi connectivity index (χ0v) is 12.4. The molecule has 0 amide bonds. The Morgan fingerprint density at radius 1 is 1.37 bits per heavy atom. The van der Waals surface area contributed by atoms with Gasteiger partial charge in [0.05, 0.1) is 7.11 Å². The summed E-state index contributed by atoms with van der Waals surface area (Å²) in [4.78, 5) is 1.05. The van der Waals surface area contributed by atoms with Crippen LogP contribution < -0.4 is 10.5 Å². The molecular weight excluding hydrogens is 260 g/mol. The predicted octanol–water partition coefficient (Wildman–Crippen LogP) is 2.30. The van der Waals surface area contributed by atoms with Gasteiger partial charge in [0.15, 0.2) is 5.16 Å². The first-order valence-corrected chi connectivity index (χ1v) is 6.82. The Bertz CT molecular complexity index is 580. The van der Waals surface area contributed by atoms with E-state index in [1.165, 1.54) is 0 Å². The molecule has 1 heterocycles. The highest BCUT2D eigenvalue weighted by Gasteiger charge is 2.16. The molecule has 1 aromatic heterocycles. The molecule has 0 aliphatic rings. The van der Waals surface area contributed by atoms with Crippen molar-refractivity contribution < 1.29 is 4.74 Å². The van der Waals surface area contributed by atoms with Crippen LogP contribution in [0, 0.1) is 6.92 Å². The Morgan fingerprint density at radius 2 is 2.11 bits per heavy atom. The van der Waals surface area contributed by atoms with Crippen molar-refractivity contribution in [3.8, 4) is 5.75 Å². The van der Waals surface area contributed by atoms with Gasteiger partial charge in [-0.1, -0.05) is 6.07 Å². The topological polar surface area (TPSA) is 66.0 Å². The second-order valence-corrected chi connectivity index (χ2v) is 5.36. The van der Waals surface area contributed by atoms with Crippen LogP contribution in [0.2, 0.25) is 0 Å². The normalized spacial score (nSPS) is 12.5. The largest absolute Gasteiger partial charge is 0.496 e. The van der Waals surface area contributed by atoms with Gasteiger partial charge in [-0.15, -0.1) is 10.2 Å². The van der Waals surface area contributed by atoms with Gasteiger partial charge < -0.3 is 15.0 Å². The van der Waals surface area contributed by atoms with Crippen molar-refractivity contribution in [2.75, 3.05) is 7.11 Å². The van der Waals surface area contributed by atoms with Crippen LogP contribution in [-0.2, 0) is 7.05 Å². The van der Waals surface area contributed by atoms with E-state index >= 15 is 0 Å². The molecule has 6 heteroatoms. The van der Waals surface area contributed by atoms with Crippen LogP contribution in [0.15, 0.2) is 28.3 Å². The lowest BCUT2D eigenvalue weighted by Crippen LogP contribution is -2.08. The van der Waals surface area contributed by atoms with Crippen LogP contribution in [0.1, 0.15) is 24.4 Å². The molecule has 0 bridgehead atoms. The lowest BCUT2D eigenvalue weighted by molar-refractivity contribution is 0.405.